The van der Waals surface area contributed by atoms with Gasteiger partial charge in [0.15, 0.2) is 0 Å². The number of aromatic nitrogens is 3. The first-order chi connectivity index (χ1) is 11.7. The van der Waals surface area contributed by atoms with E-state index in [9.17, 15) is 0 Å². The third kappa shape index (κ3) is 3.32. The number of fused-ring (bicyclic) bond motifs is 1. The Bertz CT molecular complexity index is 857. The third-order valence-corrected chi connectivity index (χ3v) is 5.57. The SMILES string of the molecule is Cc1nnc(-c2ccc3cnc(CN4CCC[C@@H](C)C4)cc3c2)s1. The van der Waals surface area contributed by atoms with Gasteiger partial charge in [-0.25, -0.2) is 0 Å². The fourth-order valence-corrected chi connectivity index (χ4v) is 4.17. The lowest BCUT2D eigenvalue weighted by atomic mass is 10.00. The molecule has 1 aliphatic heterocycles. The fraction of sp³-hybridized carbons (Fsp3) is 0.421. The zero-order valence-corrected chi connectivity index (χ0v) is 15.0. The molecule has 0 radical (unpaired) electrons. The Kier molecular flexibility index (Phi) is 4.29. The van der Waals surface area contributed by atoms with E-state index in [4.69, 9.17) is 0 Å². The maximum atomic E-state index is 4.67. The van der Waals surface area contributed by atoms with Crippen LogP contribution >= 0.6 is 11.3 Å². The van der Waals surface area contributed by atoms with Gasteiger partial charge >= 0.3 is 0 Å². The highest BCUT2D eigenvalue weighted by atomic mass is 32.1. The molecule has 124 valence electrons. The van der Waals surface area contributed by atoms with E-state index in [1.165, 1.54) is 36.7 Å². The number of hydrogen-bond donors (Lipinski definition) is 0. The van der Waals surface area contributed by atoms with Crippen LogP contribution in [0.1, 0.15) is 30.5 Å². The molecule has 1 saturated heterocycles. The first-order valence-electron chi connectivity index (χ1n) is 8.59. The molecule has 1 fully saturated rings. The molecule has 2 aromatic heterocycles. The largest absolute Gasteiger partial charge is 0.297 e. The van der Waals surface area contributed by atoms with Gasteiger partial charge in [0.2, 0.25) is 0 Å². The number of benzene rings is 1. The molecule has 3 heterocycles. The summed E-state index contributed by atoms with van der Waals surface area (Å²) in [6, 6.07) is 8.67. The lowest BCUT2D eigenvalue weighted by molar-refractivity contribution is 0.175. The summed E-state index contributed by atoms with van der Waals surface area (Å²) in [6.45, 7) is 7.65. The van der Waals surface area contributed by atoms with Crippen LogP contribution in [0, 0.1) is 12.8 Å². The van der Waals surface area contributed by atoms with Crippen molar-refractivity contribution in [3.05, 3.63) is 41.2 Å². The number of hydrogen-bond acceptors (Lipinski definition) is 5. The summed E-state index contributed by atoms with van der Waals surface area (Å²) in [7, 11) is 0. The monoisotopic (exact) mass is 338 g/mol. The number of piperidine rings is 1. The summed E-state index contributed by atoms with van der Waals surface area (Å²) in [5.74, 6) is 0.798. The molecule has 3 aromatic rings. The van der Waals surface area contributed by atoms with E-state index < -0.39 is 0 Å². The second kappa shape index (κ2) is 6.57. The lowest BCUT2D eigenvalue weighted by Gasteiger charge is -2.30. The maximum Gasteiger partial charge on any atom is 0.147 e. The Morgan fingerprint density at radius 3 is 2.92 bits per heavy atom. The quantitative estimate of drug-likeness (QED) is 0.714. The molecule has 1 atom stereocenters. The normalized spacial score (nSPS) is 19.0. The summed E-state index contributed by atoms with van der Waals surface area (Å²) in [5.41, 5.74) is 2.29. The van der Waals surface area contributed by atoms with E-state index >= 15 is 0 Å². The molecule has 0 unspecified atom stereocenters. The van der Waals surface area contributed by atoms with Crippen LogP contribution in [-0.4, -0.2) is 33.2 Å². The summed E-state index contributed by atoms with van der Waals surface area (Å²) in [4.78, 5) is 7.19. The Labute approximate surface area is 146 Å². The molecule has 0 spiro atoms. The van der Waals surface area contributed by atoms with Gasteiger partial charge < -0.3 is 0 Å². The van der Waals surface area contributed by atoms with E-state index in [-0.39, 0.29) is 0 Å². The second-order valence-electron chi connectivity index (χ2n) is 6.85. The van der Waals surface area contributed by atoms with Gasteiger partial charge in [-0.1, -0.05) is 30.4 Å². The van der Waals surface area contributed by atoms with Gasteiger partial charge in [-0.2, -0.15) is 0 Å². The smallest absolute Gasteiger partial charge is 0.147 e. The summed E-state index contributed by atoms with van der Waals surface area (Å²) >= 11 is 1.64. The molecule has 5 heteroatoms. The van der Waals surface area contributed by atoms with Gasteiger partial charge in [0.1, 0.15) is 10.0 Å². The van der Waals surface area contributed by atoms with Gasteiger partial charge in [-0.05, 0) is 49.7 Å². The minimum atomic E-state index is 0.798. The average molecular weight is 338 g/mol. The van der Waals surface area contributed by atoms with Crippen LogP contribution < -0.4 is 0 Å². The van der Waals surface area contributed by atoms with Crippen molar-refractivity contribution in [2.24, 2.45) is 5.92 Å². The Balaban J connectivity index is 1.61. The number of rotatable bonds is 3. The molecular formula is C19H22N4S. The van der Waals surface area contributed by atoms with Crippen molar-refractivity contribution in [2.45, 2.75) is 33.2 Å². The van der Waals surface area contributed by atoms with Gasteiger partial charge in [0, 0.05) is 30.2 Å². The minimum absolute atomic E-state index is 0.798. The van der Waals surface area contributed by atoms with Crippen LogP contribution in [-0.2, 0) is 6.54 Å². The standard InChI is InChI=1S/C19H22N4S/c1-13-4-3-7-23(11-13)12-18-9-17-8-15(5-6-16(17)10-20-18)19-22-21-14(2)24-19/h5-6,8-10,13H,3-4,7,11-12H2,1-2H3/t13-/m1/s1. The van der Waals surface area contributed by atoms with Crippen LogP contribution in [0.25, 0.3) is 21.3 Å². The first kappa shape index (κ1) is 15.7. The van der Waals surface area contributed by atoms with Crippen molar-refractivity contribution < 1.29 is 0 Å². The Hall–Kier alpha value is -1.85. The van der Waals surface area contributed by atoms with E-state index in [0.717, 1.165) is 33.7 Å². The predicted octanol–water partition coefficient (Wildman–Crippen LogP) is 4.29. The maximum absolute atomic E-state index is 4.67. The van der Waals surface area contributed by atoms with Crippen molar-refractivity contribution >= 4 is 22.1 Å². The summed E-state index contributed by atoms with van der Waals surface area (Å²) in [5, 5.41) is 12.8. The molecule has 0 N–H and O–H groups in total. The van der Waals surface area contributed by atoms with E-state index in [1.807, 2.05) is 13.1 Å². The second-order valence-corrected chi connectivity index (χ2v) is 8.03. The summed E-state index contributed by atoms with van der Waals surface area (Å²) in [6.07, 6.45) is 4.65. The van der Waals surface area contributed by atoms with E-state index in [0.29, 0.717) is 0 Å². The molecular weight excluding hydrogens is 316 g/mol. The fourth-order valence-electron chi connectivity index (χ4n) is 3.48. The highest BCUT2D eigenvalue weighted by Crippen LogP contribution is 2.27. The van der Waals surface area contributed by atoms with Crippen LogP contribution in [0.3, 0.4) is 0 Å². The van der Waals surface area contributed by atoms with Gasteiger partial charge in [-0.3, -0.25) is 9.88 Å². The van der Waals surface area contributed by atoms with Crippen molar-refractivity contribution in [1.82, 2.24) is 20.1 Å². The molecule has 0 amide bonds. The third-order valence-electron chi connectivity index (χ3n) is 4.68. The van der Waals surface area contributed by atoms with Gasteiger partial charge in [0.25, 0.3) is 0 Å². The number of likely N-dealkylation sites (tertiary alicyclic amines) is 1. The van der Waals surface area contributed by atoms with Crippen molar-refractivity contribution in [3.8, 4) is 10.6 Å². The molecule has 0 aliphatic carbocycles. The number of aryl methyl sites for hydroxylation is 1. The van der Waals surface area contributed by atoms with Gasteiger partial charge in [0.05, 0.1) is 5.69 Å². The molecule has 4 rings (SSSR count). The average Bonchev–Trinajstić information content (AvgIpc) is 3.01. The molecule has 1 aromatic carbocycles. The molecule has 24 heavy (non-hydrogen) atoms. The van der Waals surface area contributed by atoms with E-state index in [2.05, 4.69) is 51.3 Å². The lowest BCUT2D eigenvalue weighted by Crippen LogP contribution is -2.33. The predicted molar refractivity (Wildman–Crippen MR) is 99.1 cm³/mol. The molecule has 1 aliphatic rings. The summed E-state index contributed by atoms with van der Waals surface area (Å²) < 4.78 is 0. The van der Waals surface area contributed by atoms with Crippen molar-refractivity contribution in [1.29, 1.82) is 0 Å². The number of pyridine rings is 1. The molecule has 4 nitrogen and oxygen atoms in total. The highest BCUT2D eigenvalue weighted by molar-refractivity contribution is 7.14. The minimum Gasteiger partial charge on any atom is -0.297 e. The molecule has 0 saturated carbocycles. The van der Waals surface area contributed by atoms with Crippen LogP contribution in [0.2, 0.25) is 0 Å². The Morgan fingerprint density at radius 1 is 1.21 bits per heavy atom. The zero-order valence-electron chi connectivity index (χ0n) is 14.2. The van der Waals surface area contributed by atoms with Crippen LogP contribution in [0.4, 0.5) is 0 Å². The van der Waals surface area contributed by atoms with E-state index in [1.54, 1.807) is 11.3 Å². The van der Waals surface area contributed by atoms with Gasteiger partial charge in [-0.15, -0.1) is 10.2 Å². The van der Waals surface area contributed by atoms with Crippen LogP contribution in [0.15, 0.2) is 30.5 Å². The first-order valence-corrected chi connectivity index (χ1v) is 9.40. The highest BCUT2D eigenvalue weighted by Gasteiger charge is 2.16. The van der Waals surface area contributed by atoms with Crippen molar-refractivity contribution in [2.75, 3.05) is 13.1 Å². The topological polar surface area (TPSA) is 41.9 Å². The zero-order chi connectivity index (χ0) is 16.5. The number of nitrogens with zero attached hydrogens (tertiary/aromatic N) is 4. The molecule has 0 bridgehead atoms. The Morgan fingerprint density at radius 2 is 2.12 bits per heavy atom. The van der Waals surface area contributed by atoms with Crippen molar-refractivity contribution in [3.63, 3.8) is 0 Å². The van der Waals surface area contributed by atoms with Crippen LogP contribution in [0.5, 0.6) is 0 Å².